The van der Waals surface area contributed by atoms with Gasteiger partial charge in [0.2, 0.25) is 11.2 Å². The van der Waals surface area contributed by atoms with E-state index in [1.54, 1.807) is 18.2 Å². The molecule has 4 aromatic rings. The minimum atomic E-state index is -0.723. The first-order chi connectivity index (χ1) is 17.9. The van der Waals surface area contributed by atoms with E-state index in [0.29, 0.717) is 64.8 Å². The van der Waals surface area contributed by atoms with Gasteiger partial charge in [-0.15, -0.1) is 0 Å². The van der Waals surface area contributed by atoms with Gasteiger partial charge < -0.3 is 20.1 Å². The molecule has 1 aliphatic heterocycles. The number of benzene rings is 2. The summed E-state index contributed by atoms with van der Waals surface area (Å²) in [7, 11) is 1.49. The SMILES string of the molecule is CCc1c(F)ccc2cc(OCOC)cc(-c3ncc4c(NCC5CNC(=O)C5)nc(Cl)nc4c3F)c12. The minimum absolute atomic E-state index is 0.0125. The number of amides is 1. The number of carbonyl (C=O) groups excluding carboxylic acids is 1. The highest BCUT2D eigenvalue weighted by molar-refractivity contribution is 6.28. The normalized spacial score (nSPS) is 15.4. The van der Waals surface area contributed by atoms with Gasteiger partial charge in [-0.2, -0.15) is 0 Å². The molecule has 0 aliphatic carbocycles. The first-order valence-corrected chi connectivity index (χ1v) is 12.2. The molecule has 2 aromatic carbocycles. The minimum Gasteiger partial charge on any atom is -0.468 e. The molecule has 11 heteroatoms. The number of pyridine rings is 1. The maximum absolute atomic E-state index is 16.1. The topological polar surface area (TPSA) is 98.3 Å². The summed E-state index contributed by atoms with van der Waals surface area (Å²) in [6.45, 7) is 2.80. The fourth-order valence-electron chi connectivity index (χ4n) is 4.63. The summed E-state index contributed by atoms with van der Waals surface area (Å²) in [5.74, 6) is -0.325. The van der Waals surface area contributed by atoms with Crippen LogP contribution in [-0.4, -0.2) is 47.9 Å². The Kier molecular flexibility index (Phi) is 7.03. The van der Waals surface area contributed by atoms with Gasteiger partial charge in [-0.25, -0.2) is 18.7 Å². The lowest BCUT2D eigenvalue weighted by Crippen LogP contribution is -2.18. The summed E-state index contributed by atoms with van der Waals surface area (Å²) in [5.41, 5.74) is 0.750. The van der Waals surface area contributed by atoms with E-state index in [-0.39, 0.29) is 40.9 Å². The van der Waals surface area contributed by atoms with E-state index in [0.717, 1.165) is 0 Å². The first kappa shape index (κ1) is 25.0. The Morgan fingerprint density at radius 1 is 1.24 bits per heavy atom. The number of hydrogen-bond donors (Lipinski definition) is 2. The molecule has 1 atom stereocenters. The summed E-state index contributed by atoms with van der Waals surface area (Å²) >= 11 is 6.16. The van der Waals surface area contributed by atoms with Crippen LogP contribution in [0.3, 0.4) is 0 Å². The quantitative estimate of drug-likeness (QED) is 0.249. The molecule has 1 amide bonds. The van der Waals surface area contributed by atoms with Crippen molar-refractivity contribution in [2.24, 2.45) is 5.92 Å². The van der Waals surface area contributed by atoms with E-state index >= 15 is 4.39 Å². The van der Waals surface area contributed by atoms with E-state index in [1.165, 1.54) is 19.4 Å². The Bertz CT molecular complexity index is 1520. The summed E-state index contributed by atoms with van der Waals surface area (Å²) < 4.78 is 41.5. The molecule has 37 heavy (non-hydrogen) atoms. The molecule has 1 unspecified atom stereocenters. The second-order valence-corrected chi connectivity index (χ2v) is 9.12. The van der Waals surface area contributed by atoms with Gasteiger partial charge in [-0.05, 0) is 52.6 Å². The van der Waals surface area contributed by atoms with Crippen molar-refractivity contribution in [3.05, 3.63) is 52.9 Å². The van der Waals surface area contributed by atoms with Crippen LogP contribution in [0.25, 0.3) is 32.9 Å². The molecule has 2 aromatic heterocycles. The number of nitrogens with one attached hydrogen (secondary N) is 2. The van der Waals surface area contributed by atoms with Crippen LogP contribution >= 0.6 is 11.6 Å². The zero-order valence-electron chi connectivity index (χ0n) is 20.2. The van der Waals surface area contributed by atoms with Crippen LogP contribution in [-0.2, 0) is 16.0 Å². The monoisotopic (exact) mass is 527 g/mol. The Labute approximate surface area is 216 Å². The molecule has 0 spiro atoms. The van der Waals surface area contributed by atoms with E-state index < -0.39 is 5.82 Å². The highest BCUT2D eigenvalue weighted by Gasteiger charge is 2.24. The fourth-order valence-corrected chi connectivity index (χ4v) is 4.80. The van der Waals surface area contributed by atoms with Gasteiger partial charge in [0.25, 0.3) is 0 Å². The van der Waals surface area contributed by atoms with E-state index in [1.807, 2.05) is 6.92 Å². The number of nitrogens with zero attached hydrogens (tertiary/aromatic N) is 3. The standard InChI is InChI=1S/C26H24ClF2N5O3/c1-3-16-19(28)5-4-14-7-15(37-12-36-2)8-17(21(14)16)23-22(29)24-18(11-31-23)25(34-26(27)33-24)32-10-13-6-20(35)30-9-13/h4-5,7-8,11,13H,3,6,9-10,12H2,1-2H3,(H,30,35)(H,32,33,34). The second kappa shape index (κ2) is 10.4. The number of fused-ring (bicyclic) bond motifs is 2. The third kappa shape index (κ3) is 4.86. The predicted octanol–water partition coefficient (Wildman–Crippen LogP) is 4.87. The number of halogens is 3. The average Bonchev–Trinajstić information content (AvgIpc) is 3.31. The third-order valence-electron chi connectivity index (χ3n) is 6.37. The van der Waals surface area contributed by atoms with Gasteiger partial charge in [0, 0.05) is 44.3 Å². The van der Waals surface area contributed by atoms with Crippen molar-refractivity contribution in [3.63, 3.8) is 0 Å². The Morgan fingerprint density at radius 3 is 2.81 bits per heavy atom. The van der Waals surface area contributed by atoms with Gasteiger partial charge >= 0.3 is 0 Å². The lowest BCUT2D eigenvalue weighted by atomic mass is 9.94. The molecule has 1 saturated heterocycles. The molecule has 2 N–H and O–H groups in total. The van der Waals surface area contributed by atoms with Crippen LogP contribution in [0.4, 0.5) is 14.6 Å². The van der Waals surface area contributed by atoms with Crippen LogP contribution in [0.2, 0.25) is 5.28 Å². The number of anilines is 1. The molecule has 5 rings (SSSR count). The number of aryl methyl sites for hydroxylation is 1. The number of ether oxygens (including phenoxy) is 2. The number of carbonyl (C=O) groups is 1. The van der Waals surface area contributed by atoms with Crippen molar-refractivity contribution in [2.45, 2.75) is 19.8 Å². The van der Waals surface area contributed by atoms with Crippen molar-refractivity contribution in [1.29, 1.82) is 0 Å². The largest absolute Gasteiger partial charge is 0.468 e. The molecule has 8 nitrogen and oxygen atoms in total. The first-order valence-electron chi connectivity index (χ1n) is 11.8. The predicted molar refractivity (Wildman–Crippen MR) is 137 cm³/mol. The third-order valence-corrected chi connectivity index (χ3v) is 6.54. The van der Waals surface area contributed by atoms with Gasteiger partial charge in [-0.3, -0.25) is 9.78 Å². The van der Waals surface area contributed by atoms with Gasteiger partial charge in [0.15, 0.2) is 12.6 Å². The van der Waals surface area contributed by atoms with Crippen molar-refractivity contribution < 1.29 is 23.0 Å². The smallest absolute Gasteiger partial charge is 0.225 e. The molecular formula is C26H24ClF2N5O3. The summed E-state index contributed by atoms with van der Waals surface area (Å²) in [6, 6.07) is 6.37. The lowest BCUT2D eigenvalue weighted by Gasteiger charge is -2.16. The molecule has 192 valence electrons. The molecule has 0 bridgehead atoms. The maximum Gasteiger partial charge on any atom is 0.225 e. The Hall–Kier alpha value is -3.63. The van der Waals surface area contributed by atoms with Crippen molar-refractivity contribution in [1.82, 2.24) is 20.3 Å². The molecule has 1 fully saturated rings. The van der Waals surface area contributed by atoms with Crippen LogP contribution in [0, 0.1) is 17.6 Å². The number of rotatable bonds is 8. The number of aromatic nitrogens is 3. The molecular weight excluding hydrogens is 504 g/mol. The van der Waals surface area contributed by atoms with Crippen LogP contribution in [0.15, 0.2) is 30.5 Å². The van der Waals surface area contributed by atoms with Gasteiger partial charge in [0.1, 0.15) is 28.6 Å². The van der Waals surface area contributed by atoms with Crippen molar-refractivity contribution >= 4 is 45.0 Å². The number of hydrogen-bond acceptors (Lipinski definition) is 7. The molecule has 0 saturated carbocycles. The molecule has 1 aliphatic rings. The second-order valence-electron chi connectivity index (χ2n) is 8.78. The van der Waals surface area contributed by atoms with Crippen LogP contribution in [0.1, 0.15) is 18.9 Å². The van der Waals surface area contributed by atoms with E-state index in [2.05, 4.69) is 25.6 Å². The van der Waals surface area contributed by atoms with Gasteiger partial charge in [-0.1, -0.05) is 13.0 Å². The summed E-state index contributed by atoms with van der Waals surface area (Å²) in [4.78, 5) is 24.3. The number of methoxy groups -OCH3 is 1. The molecule has 0 radical (unpaired) electrons. The van der Waals surface area contributed by atoms with Crippen molar-refractivity contribution in [2.75, 3.05) is 32.3 Å². The van der Waals surface area contributed by atoms with Gasteiger partial charge in [0.05, 0.1) is 5.39 Å². The fraction of sp³-hybridized carbons (Fsp3) is 0.308. The lowest BCUT2D eigenvalue weighted by molar-refractivity contribution is -0.119. The van der Waals surface area contributed by atoms with E-state index in [9.17, 15) is 9.18 Å². The average molecular weight is 528 g/mol. The maximum atomic E-state index is 16.1. The molecule has 3 heterocycles. The van der Waals surface area contributed by atoms with Crippen LogP contribution < -0.4 is 15.4 Å². The van der Waals surface area contributed by atoms with Crippen LogP contribution in [0.5, 0.6) is 5.75 Å². The zero-order chi connectivity index (χ0) is 26.1. The Morgan fingerprint density at radius 2 is 2.08 bits per heavy atom. The highest BCUT2D eigenvalue weighted by Crippen LogP contribution is 2.38. The highest BCUT2D eigenvalue weighted by atomic mass is 35.5. The summed E-state index contributed by atoms with van der Waals surface area (Å²) in [6.07, 6.45) is 2.25. The zero-order valence-corrected chi connectivity index (χ0v) is 21.0. The van der Waals surface area contributed by atoms with E-state index in [4.69, 9.17) is 21.1 Å². The Balaban J connectivity index is 1.65. The summed E-state index contributed by atoms with van der Waals surface area (Å²) in [5, 5.41) is 7.33. The van der Waals surface area contributed by atoms with Crippen molar-refractivity contribution in [3.8, 4) is 17.0 Å².